The van der Waals surface area contributed by atoms with Gasteiger partial charge in [0.05, 0.1) is 11.7 Å². The number of nitrogen functional groups attached to an aromatic ring is 1. The fraction of sp³-hybridized carbons (Fsp3) is 0.536. The molecule has 37 heavy (non-hydrogen) atoms. The summed E-state index contributed by atoms with van der Waals surface area (Å²) < 4.78 is 45.8. The summed E-state index contributed by atoms with van der Waals surface area (Å²) in [5, 5.41) is 3.21. The number of nitrogens with zero attached hydrogens (tertiary/aromatic N) is 2. The second-order valence-corrected chi connectivity index (χ2v) is 10.1. The third kappa shape index (κ3) is 6.89. The Hall–Kier alpha value is -2.94. The summed E-state index contributed by atoms with van der Waals surface area (Å²) >= 11 is 0. The molecule has 202 valence electrons. The molecule has 0 spiro atoms. The highest BCUT2D eigenvalue weighted by Crippen LogP contribution is 2.36. The van der Waals surface area contributed by atoms with E-state index in [2.05, 4.69) is 41.4 Å². The molecule has 1 atom stereocenters. The molecule has 1 saturated carbocycles. The van der Waals surface area contributed by atoms with Gasteiger partial charge in [-0.3, -0.25) is 4.79 Å². The minimum atomic E-state index is -4.48. The van der Waals surface area contributed by atoms with E-state index in [9.17, 15) is 18.0 Å². The van der Waals surface area contributed by atoms with E-state index in [1.54, 1.807) is 6.07 Å². The lowest BCUT2D eigenvalue weighted by Gasteiger charge is -2.38. The number of rotatable bonds is 7. The predicted molar refractivity (Wildman–Crippen MR) is 141 cm³/mol. The van der Waals surface area contributed by atoms with Gasteiger partial charge in [-0.05, 0) is 69.4 Å². The summed E-state index contributed by atoms with van der Waals surface area (Å²) in [6.07, 6.45) is -1.34. The van der Waals surface area contributed by atoms with Crippen molar-refractivity contribution in [2.45, 2.75) is 70.4 Å². The van der Waals surface area contributed by atoms with Gasteiger partial charge < -0.3 is 25.6 Å². The number of piperazine rings is 1. The molecule has 1 amide bonds. The number of alkyl halides is 3. The summed E-state index contributed by atoms with van der Waals surface area (Å²) in [4.78, 5) is 17.4. The molecule has 9 heteroatoms. The molecule has 3 N–H and O–H groups in total. The molecular weight excluding hydrogens is 481 g/mol. The lowest BCUT2D eigenvalue weighted by molar-refractivity contribution is -0.149. The molecule has 1 unspecified atom stereocenters. The fourth-order valence-electron chi connectivity index (χ4n) is 5.18. The van der Waals surface area contributed by atoms with Crippen LogP contribution in [0.25, 0.3) is 0 Å². The molecule has 0 radical (unpaired) electrons. The van der Waals surface area contributed by atoms with Crippen molar-refractivity contribution < 1.29 is 22.7 Å². The lowest BCUT2D eigenvalue weighted by Crippen LogP contribution is -2.52. The average molecular weight is 519 g/mol. The number of benzene rings is 2. The third-order valence-corrected chi connectivity index (χ3v) is 7.40. The number of halogens is 3. The van der Waals surface area contributed by atoms with Crippen LogP contribution in [-0.2, 0) is 15.7 Å². The third-order valence-electron chi connectivity index (χ3n) is 7.40. The highest BCUT2D eigenvalue weighted by Gasteiger charge is 2.34. The molecule has 1 heterocycles. The van der Waals surface area contributed by atoms with Crippen molar-refractivity contribution in [2.24, 2.45) is 0 Å². The van der Waals surface area contributed by atoms with E-state index in [-0.39, 0.29) is 23.7 Å². The van der Waals surface area contributed by atoms with Crippen LogP contribution in [0.2, 0.25) is 0 Å². The van der Waals surface area contributed by atoms with E-state index in [1.807, 2.05) is 11.8 Å². The maximum absolute atomic E-state index is 13.2. The maximum Gasteiger partial charge on any atom is 0.418 e. The molecule has 1 aliphatic carbocycles. The maximum atomic E-state index is 13.2. The van der Waals surface area contributed by atoms with Crippen LogP contribution in [-0.4, -0.2) is 55.2 Å². The summed E-state index contributed by atoms with van der Waals surface area (Å²) in [5.74, 6) is 0.0489. The molecule has 0 bridgehead atoms. The van der Waals surface area contributed by atoms with Gasteiger partial charge in [-0.2, -0.15) is 13.2 Å². The van der Waals surface area contributed by atoms with Crippen molar-refractivity contribution in [3.05, 3.63) is 53.6 Å². The van der Waals surface area contributed by atoms with Crippen molar-refractivity contribution in [2.75, 3.05) is 42.1 Å². The number of nitrogens with two attached hydrogens (primary N) is 1. The minimum absolute atomic E-state index is 0.0297. The van der Waals surface area contributed by atoms with E-state index < -0.39 is 17.8 Å². The number of carbonyl (C=O) groups excluding carboxylic acids is 1. The highest BCUT2D eigenvalue weighted by atomic mass is 19.4. The van der Waals surface area contributed by atoms with Crippen LogP contribution in [0, 0.1) is 6.92 Å². The Morgan fingerprint density at radius 3 is 2.30 bits per heavy atom. The standard InChI is InChI=1S/C28H37F3N4O2/c1-3-26(27(36)35-16-14-34(15-17-35)22-9-4-19(2)5-10-22)37-23-11-6-20(7-12-23)33-21-8-13-25(32)24(18-21)28(29,30)31/h4-5,8-10,13,18,20,23,26,33H,3,6-7,11-12,14-17,32H2,1-2H3. The van der Waals surface area contributed by atoms with Crippen LogP contribution >= 0.6 is 0 Å². The van der Waals surface area contributed by atoms with Gasteiger partial charge in [0.25, 0.3) is 5.91 Å². The van der Waals surface area contributed by atoms with Crippen LogP contribution in [0.5, 0.6) is 0 Å². The number of nitrogens with one attached hydrogen (secondary N) is 1. The molecule has 4 rings (SSSR count). The van der Waals surface area contributed by atoms with Crippen LogP contribution in [0.4, 0.5) is 30.2 Å². The first-order valence-electron chi connectivity index (χ1n) is 13.1. The van der Waals surface area contributed by atoms with Gasteiger partial charge in [-0.1, -0.05) is 24.6 Å². The van der Waals surface area contributed by atoms with Gasteiger partial charge in [-0.15, -0.1) is 0 Å². The van der Waals surface area contributed by atoms with Gasteiger partial charge in [-0.25, -0.2) is 0 Å². The first kappa shape index (κ1) is 27.1. The normalized spacial score (nSPS) is 21.5. The fourth-order valence-corrected chi connectivity index (χ4v) is 5.18. The van der Waals surface area contributed by atoms with E-state index in [1.165, 1.54) is 17.3 Å². The second kappa shape index (κ2) is 11.6. The Morgan fingerprint density at radius 2 is 1.70 bits per heavy atom. The van der Waals surface area contributed by atoms with Crippen LogP contribution in [0.3, 0.4) is 0 Å². The van der Waals surface area contributed by atoms with Gasteiger partial charge >= 0.3 is 6.18 Å². The minimum Gasteiger partial charge on any atom is -0.398 e. The Labute approximate surface area is 216 Å². The molecule has 1 saturated heterocycles. The Kier molecular flexibility index (Phi) is 8.52. The number of hydrogen-bond donors (Lipinski definition) is 2. The predicted octanol–water partition coefficient (Wildman–Crippen LogP) is 5.46. The smallest absolute Gasteiger partial charge is 0.398 e. The number of carbonyl (C=O) groups is 1. The monoisotopic (exact) mass is 518 g/mol. The average Bonchev–Trinajstić information content (AvgIpc) is 2.89. The summed E-state index contributed by atoms with van der Waals surface area (Å²) in [5.41, 5.74) is 7.23. The van der Waals surface area contributed by atoms with E-state index in [0.717, 1.165) is 44.8 Å². The Balaban J connectivity index is 1.24. The molecule has 0 aromatic heterocycles. The summed E-state index contributed by atoms with van der Waals surface area (Å²) in [6, 6.07) is 12.4. The number of ether oxygens (including phenoxy) is 1. The highest BCUT2D eigenvalue weighted by molar-refractivity contribution is 5.81. The largest absolute Gasteiger partial charge is 0.418 e. The van der Waals surface area contributed by atoms with Crippen LogP contribution < -0.4 is 16.0 Å². The van der Waals surface area contributed by atoms with Crippen molar-refractivity contribution in [3.8, 4) is 0 Å². The molecule has 2 aromatic rings. The topological polar surface area (TPSA) is 70.8 Å². The summed E-state index contributed by atoms with van der Waals surface area (Å²) in [7, 11) is 0. The Morgan fingerprint density at radius 1 is 1.05 bits per heavy atom. The van der Waals surface area contributed by atoms with Gasteiger partial charge in [0.15, 0.2) is 0 Å². The molecule has 2 aromatic carbocycles. The van der Waals surface area contributed by atoms with Crippen molar-refractivity contribution in [1.29, 1.82) is 0 Å². The van der Waals surface area contributed by atoms with Crippen molar-refractivity contribution in [1.82, 2.24) is 4.90 Å². The van der Waals surface area contributed by atoms with E-state index in [0.29, 0.717) is 25.2 Å². The lowest BCUT2D eigenvalue weighted by atomic mass is 9.92. The van der Waals surface area contributed by atoms with Gasteiger partial charge in [0.2, 0.25) is 0 Å². The zero-order valence-corrected chi connectivity index (χ0v) is 21.6. The van der Waals surface area contributed by atoms with Crippen LogP contribution in [0.15, 0.2) is 42.5 Å². The van der Waals surface area contributed by atoms with E-state index in [4.69, 9.17) is 10.5 Å². The van der Waals surface area contributed by atoms with Crippen LogP contribution in [0.1, 0.15) is 50.2 Å². The zero-order chi connectivity index (χ0) is 26.6. The van der Waals surface area contributed by atoms with Crippen molar-refractivity contribution >= 4 is 23.0 Å². The molecular formula is C28H37F3N4O2. The first-order chi connectivity index (χ1) is 17.6. The number of amides is 1. The second-order valence-electron chi connectivity index (χ2n) is 10.1. The zero-order valence-electron chi connectivity index (χ0n) is 21.6. The van der Waals surface area contributed by atoms with Gasteiger partial charge in [0.1, 0.15) is 6.10 Å². The summed E-state index contributed by atoms with van der Waals surface area (Å²) in [6.45, 7) is 6.97. The number of aryl methyl sites for hydroxylation is 1. The quantitative estimate of drug-likeness (QED) is 0.476. The molecule has 1 aliphatic heterocycles. The molecule has 6 nitrogen and oxygen atoms in total. The molecule has 2 aliphatic rings. The van der Waals surface area contributed by atoms with Gasteiger partial charge in [0, 0.05) is 49.3 Å². The Bertz CT molecular complexity index is 1040. The first-order valence-corrected chi connectivity index (χ1v) is 13.1. The SMILES string of the molecule is CCC(OC1CCC(Nc2ccc(N)c(C(F)(F)F)c2)CC1)C(=O)N1CCN(c2ccc(C)cc2)CC1. The molecule has 2 fully saturated rings. The van der Waals surface area contributed by atoms with E-state index >= 15 is 0 Å². The van der Waals surface area contributed by atoms with Crippen molar-refractivity contribution in [3.63, 3.8) is 0 Å². The number of anilines is 3. The number of hydrogen-bond acceptors (Lipinski definition) is 5.